The van der Waals surface area contributed by atoms with Crippen molar-refractivity contribution in [3.8, 4) is 0 Å². The van der Waals surface area contributed by atoms with Crippen LogP contribution in [0.4, 0.5) is 0 Å². The lowest BCUT2D eigenvalue weighted by Gasteiger charge is -2.02. The van der Waals surface area contributed by atoms with Crippen molar-refractivity contribution in [3.05, 3.63) is 22.1 Å². The Bertz CT molecular complexity index is 889. The van der Waals surface area contributed by atoms with Gasteiger partial charge < -0.3 is 9.72 Å². The Kier molecular flexibility index (Phi) is 2.82. The van der Waals surface area contributed by atoms with Crippen LogP contribution in [0.1, 0.15) is 23.0 Å². The van der Waals surface area contributed by atoms with Crippen molar-refractivity contribution < 1.29 is 9.53 Å². The molecule has 7 nitrogen and oxygen atoms in total. The standard InChI is InChI=1S/C12H13N5O2S/c1-4-19-12(18)7-5-13-17-9(7)10(20)14-8-6(2)15-16(3)11(8)17/h5H,4H2,1-3H3,(H,14,20). The summed E-state index contributed by atoms with van der Waals surface area (Å²) in [6.07, 6.45) is 1.47. The van der Waals surface area contributed by atoms with Gasteiger partial charge in [-0.2, -0.15) is 10.2 Å². The molecule has 3 aromatic heterocycles. The third-order valence-electron chi connectivity index (χ3n) is 3.11. The van der Waals surface area contributed by atoms with Crippen LogP contribution in [-0.4, -0.2) is 37.0 Å². The summed E-state index contributed by atoms with van der Waals surface area (Å²) in [6.45, 7) is 3.95. The summed E-state index contributed by atoms with van der Waals surface area (Å²) in [5, 5.41) is 8.59. The third kappa shape index (κ3) is 1.64. The van der Waals surface area contributed by atoms with Crippen molar-refractivity contribution in [1.82, 2.24) is 24.4 Å². The van der Waals surface area contributed by atoms with Crippen LogP contribution in [0.2, 0.25) is 0 Å². The molecule has 3 heterocycles. The quantitative estimate of drug-likeness (QED) is 0.575. The molecule has 0 spiro atoms. The van der Waals surface area contributed by atoms with Gasteiger partial charge >= 0.3 is 5.97 Å². The lowest BCUT2D eigenvalue weighted by Crippen LogP contribution is -2.05. The van der Waals surface area contributed by atoms with E-state index in [0.717, 1.165) is 16.9 Å². The topological polar surface area (TPSA) is 77.2 Å². The maximum Gasteiger partial charge on any atom is 0.342 e. The number of fused-ring (bicyclic) bond motifs is 3. The monoisotopic (exact) mass is 291 g/mol. The van der Waals surface area contributed by atoms with Crippen LogP contribution < -0.4 is 0 Å². The number of ether oxygens (including phenoxy) is 1. The summed E-state index contributed by atoms with van der Waals surface area (Å²) < 4.78 is 8.79. The molecule has 0 amide bonds. The first-order valence-electron chi connectivity index (χ1n) is 6.15. The Morgan fingerprint density at radius 3 is 3.00 bits per heavy atom. The first kappa shape index (κ1) is 12.8. The van der Waals surface area contributed by atoms with Crippen molar-refractivity contribution in [2.24, 2.45) is 7.05 Å². The van der Waals surface area contributed by atoms with E-state index in [1.807, 2.05) is 14.0 Å². The second-order valence-corrected chi connectivity index (χ2v) is 4.81. The lowest BCUT2D eigenvalue weighted by atomic mass is 10.3. The number of nitrogens with one attached hydrogen (secondary N) is 1. The molecule has 3 aromatic rings. The van der Waals surface area contributed by atoms with E-state index in [0.29, 0.717) is 22.3 Å². The zero-order chi connectivity index (χ0) is 14.4. The lowest BCUT2D eigenvalue weighted by molar-refractivity contribution is 0.0528. The van der Waals surface area contributed by atoms with Gasteiger partial charge in [-0.25, -0.2) is 14.0 Å². The van der Waals surface area contributed by atoms with Crippen LogP contribution in [0.3, 0.4) is 0 Å². The summed E-state index contributed by atoms with van der Waals surface area (Å²) in [5.41, 5.74) is 3.27. The number of carbonyl (C=O) groups is 1. The van der Waals surface area contributed by atoms with E-state index in [2.05, 4.69) is 15.2 Å². The Labute approximate surface area is 119 Å². The van der Waals surface area contributed by atoms with Gasteiger partial charge in [-0.1, -0.05) is 12.2 Å². The number of aromatic nitrogens is 5. The molecule has 0 aliphatic carbocycles. The SMILES string of the molecule is CCOC(=O)c1cnn2c1c(=S)[nH]c1c(C)nn(C)c12. The molecule has 0 aliphatic rings. The van der Waals surface area contributed by atoms with Crippen molar-refractivity contribution in [2.45, 2.75) is 13.8 Å². The van der Waals surface area contributed by atoms with Gasteiger partial charge in [-0.05, 0) is 13.8 Å². The van der Waals surface area contributed by atoms with E-state index in [1.165, 1.54) is 6.20 Å². The van der Waals surface area contributed by atoms with Crippen molar-refractivity contribution in [1.29, 1.82) is 0 Å². The minimum Gasteiger partial charge on any atom is -0.462 e. The Hall–Kier alpha value is -2.22. The van der Waals surface area contributed by atoms with Crippen LogP contribution in [0.5, 0.6) is 0 Å². The van der Waals surface area contributed by atoms with Gasteiger partial charge in [0.05, 0.1) is 18.5 Å². The van der Waals surface area contributed by atoms with Crippen molar-refractivity contribution in [3.63, 3.8) is 0 Å². The molecule has 0 bridgehead atoms. The van der Waals surface area contributed by atoms with Crippen LogP contribution in [0.15, 0.2) is 6.20 Å². The molecule has 3 rings (SSSR count). The molecule has 20 heavy (non-hydrogen) atoms. The first-order chi connectivity index (χ1) is 9.54. The number of rotatable bonds is 2. The van der Waals surface area contributed by atoms with Gasteiger partial charge in [0.25, 0.3) is 0 Å². The zero-order valence-corrected chi connectivity index (χ0v) is 12.1. The van der Waals surface area contributed by atoms with E-state index in [1.54, 1.807) is 16.1 Å². The minimum absolute atomic E-state index is 0.305. The number of esters is 1. The van der Waals surface area contributed by atoms with Gasteiger partial charge in [0.2, 0.25) is 0 Å². The van der Waals surface area contributed by atoms with E-state index in [-0.39, 0.29) is 0 Å². The smallest absolute Gasteiger partial charge is 0.342 e. The highest BCUT2D eigenvalue weighted by molar-refractivity contribution is 7.71. The zero-order valence-electron chi connectivity index (χ0n) is 11.3. The highest BCUT2D eigenvalue weighted by Gasteiger charge is 2.19. The summed E-state index contributed by atoms with van der Waals surface area (Å²) in [7, 11) is 1.82. The molecule has 0 unspecified atom stereocenters. The van der Waals surface area contributed by atoms with Crippen molar-refractivity contribution >= 4 is 34.9 Å². The molecular formula is C12H13N5O2S. The summed E-state index contributed by atoms with van der Waals surface area (Å²) >= 11 is 5.33. The summed E-state index contributed by atoms with van der Waals surface area (Å²) in [6, 6.07) is 0. The first-order valence-corrected chi connectivity index (χ1v) is 6.55. The number of nitrogens with zero attached hydrogens (tertiary/aromatic N) is 4. The molecule has 0 fully saturated rings. The van der Waals surface area contributed by atoms with Gasteiger partial charge in [0.1, 0.15) is 21.2 Å². The van der Waals surface area contributed by atoms with Gasteiger partial charge in [0.15, 0.2) is 5.65 Å². The second kappa shape index (κ2) is 4.41. The van der Waals surface area contributed by atoms with E-state index >= 15 is 0 Å². The molecule has 0 saturated carbocycles. The molecule has 0 aliphatic heterocycles. The predicted octanol–water partition coefficient (Wildman–Crippen LogP) is 1.76. The molecule has 0 saturated heterocycles. The minimum atomic E-state index is -0.430. The van der Waals surface area contributed by atoms with Crippen LogP contribution >= 0.6 is 12.2 Å². The highest BCUT2D eigenvalue weighted by Crippen LogP contribution is 2.20. The van der Waals surface area contributed by atoms with E-state index in [4.69, 9.17) is 17.0 Å². The molecule has 104 valence electrons. The number of H-pyrrole nitrogens is 1. The second-order valence-electron chi connectivity index (χ2n) is 4.40. The average Bonchev–Trinajstić information content (AvgIpc) is 2.93. The summed E-state index contributed by atoms with van der Waals surface area (Å²) in [5.74, 6) is -0.430. The van der Waals surface area contributed by atoms with Crippen LogP contribution in [-0.2, 0) is 11.8 Å². The van der Waals surface area contributed by atoms with Gasteiger partial charge in [0, 0.05) is 7.05 Å². The normalized spacial score (nSPS) is 11.3. The van der Waals surface area contributed by atoms with E-state index < -0.39 is 5.97 Å². The number of aryl methyl sites for hydroxylation is 2. The fourth-order valence-corrected chi connectivity index (χ4v) is 2.59. The average molecular weight is 291 g/mol. The molecule has 1 N–H and O–H groups in total. The Morgan fingerprint density at radius 1 is 1.55 bits per heavy atom. The van der Waals surface area contributed by atoms with E-state index in [9.17, 15) is 4.79 Å². The van der Waals surface area contributed by atoms with Crippen LogP contribution in [0, 0.1) is 11.6 Å². The summed E-state index contributed by atoms with van der Waals surface area (Å²) in [4.78, 5) is 15.0. The Balaban J connectivity index is 2.42. The maximum absolute atomic E-state index is 11.9. The fourth-order valence-electron chi connectivity index (χ4n) is 2.29. The number of aromatic amines is 1. The van der Waals surface area contributed by atoms with Gasteiger partial charge in [-0.15, -0.1) is 0 Å². The number of hydrogen-bond acceptors (Lipinski definition) is 5. The number of carbonyl (C=O) groups excluding carboxylic acids is 1. The fraction of sp³-hybridized carbons (Fsp3) is 0.333. The molecule has 0 radical (unpaired) electrons. The Morgan fingerprint density at radius 2 is 2.30 bits per heavy atom. The van der Waals surface area contributed by atoms with Crippen LogP contribution in [0.25, 0.3) is 16.7 Å². The molecule has 0 aromatic carbocycles. The predicted molar refractivity (Wildman–Crippen MR) is 75.3 cm³/mol. The largest absolute Gasteiger partial charge is 0.462 e. The molecule has 8 heteroatoms. The molecule has 0 atom stereocenters. The third-order valence-corrected chi connectivity index (χ3v) is 3.41. The van der Waals surface area contributed by atoms with Crippen molar-refractivity contribution in [2.75, 3.05) is 6.61 Å². The molecular weight excluding hydrogens is 278 g/mol. The maximum atomic E-state index is 11.9. The van der Waals surface area contributed by atoms with Gasteiger partial charge in [-0.3, -0.25) is 0 Å². The highest BCUT2D eigenvalue weighted by atomic mass is 32.1. The number of hydrogen-bond donors (Lipinski definition) is 1.